The summed E-state index contributed by atoms with van der Waals surface area (Å²) in [6, 6.07) is 14.2. The van der Waals surface area contributed by atoms with Crippen molar-refractivity contribution >= 4 is 27.7 Å². The van der Waals surface area contributed by atoms with Crippen LogP contribution in [-0.4, -0.2) is 36.9 Å². The molecule has 0 spiro atoms. The lowest BCUT2D eigenvalue weighted by atomic mass is 10.1. The van der Waals surface area contributed by atoms with E-state index in [2.05, 4.69) is 31.5 Å². The van der Waals surface area contributed by atoms with E-state index in [4.69, 9.17) is 0 Å². The van der Waals surface area contributed by atoms with Gasteiger partial charge in [0.05, 0.1) is 23.4 Å². The second-order valence-electron chi connectivity index (χ2n) is 5.23. The lowest BCUT2D eigenvalue weighted by molar-refractivity contribution is 0.0637. The second-order valence-corrected chi connectivity index (χ2v) is 6.14. The van der Waals surface area contributed by atoms with Crippen LogP contribution in [0.15, 0.2) is 53.0 Å². The molecule has 1 aromatic heterocycles. The molecule has 2 amide bonds. The van der Waals surface area contributed by atoms with Crippen LogP contribution in [0.4, 0.5) is 0 Å². The van der Waals surface area contributed by atoms with Crippen molar-refractivity contribution in [2.75, 3.05) is 0 Å². The van der Waals surface area contributed by atoms with E-state index in [1.807, 2.05) is 24.3 Å². The molecule has 0 atom stereocenters. The van der Waals surface area contributed by atoms with Crippen LogP contribution in [-0.2, 0) is 6.54 Å². The van der Waals surface area contributed by atoms with Crippen molar-refractivity contribution in [3.63, 3.8) is 0 Å². The molecular formula is C16H10BrN5O2. The quantitative estimate of drug-likeness (QED) is 0.647. The van der Waals surface area contributed by atoms with Gasteiger partial charge in [0.1, 0.15) is 0 Å². The van der Waals surface area contributed by atoms with Gasteiger partial charge in [0, 0.05) is 4.47 Å². The van der Waals surface area contributed by atoms with Gasteiger partial charge in [0.25, 0.3) is 11.8 Å². The Morgan fingerprint density at radius 1 is 0.958 bits per heavy atom. The molecule has 24 heavy (non-hydrogen) atoms. The van der Waals surface area contributed by atoms with Crippen molar-refractivity contribution in [3.05, 3.63) is 70.0 Å². The minimum atomic E-state index is -0.334. The molecule has 118 valence electrons. The summed E-state index contributed by atoms with van der Waals surface area (Å²) in [5.41, 5.74) is 1.55. The smallest absolute Gasteiger partial charge is 0.261 e. The highest BCUT2D eigenvalue weighted by atomic mass is 79.9. The Labute approximate surface area is 145 Å². The maximum absolute atomic E-state index is 12.5. The molecule has 0 bridgehead atoms. The number of carbonyl (C=O) groups excluding carboxylic acids is 2. The zero-order valence-electron chi connectivity index (χ0n) is 12.3. The molecule has 0 N–H and O–H groups in total. The second kappa shape index (κ2) is 5.64. The monoisotopic (exact) mass is 383 g/mol. The van der Waals surface area contributed by atoms with Gasteiger partial charge in [0.15, 0.2) is 5.82 Å². The zero-order chi connectivity index (χ0) is 16.7. The summed E-state index contributed by atoms with van der Waals surface area (Å²) in [6.07, 6.45) is 0. The summed E-state index contributed by atoms with van der Waals surface area (Å²) in [5, 5.41) is 11.6. The average molecular weight is 384 g/mol. The van der Waals surface area contributed by atoms with E-state index in [1.54, 1.807) is 24.3 Å². The van der Waals surface area contributed by atoms with Crippen LogP contribution in [0.5, 0.6) is 0 Å². The van der Waals surface area contributed by atoms with E-state index < -0.39 is 0 Å². The molecule has 4 rings (SSSR count). The minimum Gasteiger partial charge on any atom is -0.269 e. The number of halogens is 1. The maximum atomic E-state index is 12.5. The van der Waals surface area contributed by atoms with Crippen LogP contribution < -0.4 is 0 Å². The molecule has 0 radical (unpaired) electrons. The van der Waals surface area contributed by atoms with E-state index >= 15 is 0 Å². The van der Waals surface area contributed by atoms with Crippen molar-refractivity contribution in [2.24, 2.45) is 0 Å². The Bertz CT molecular complexity index is 933. The SMILES string of the molecule is O=C1c2ccccc2C(=O)N1Cc1nnnn1-c1cccc(Br)c1. The Hall–Kier alpha value is -2.87. The molecule has 7 nitrogen and oxygen atoms in total. The van der Waals surface area contributed by atoms with Crippen molar-refractivity contribution in [3.8, 4) is 5.69 Å². The third-order valence-electron chi connectivity index (χ3n) is 3.76. The molecule has 1 aliphatic rings. The van der Waals surface area contributed by atoms with E-state index in [0.29, 0.717) is 17.0 Å². The van der Waals surface area contributed by atoms with Gasteiger partial charge in [-0.3, -0.25) is 14.5 Å². The van der Waals surface area contributed by atoms with Gasteiger partial charge in [-0.1, -0.05) is 34.1 Å². The van der Waals surface area contributed by atoms with Gasteiger partial charge in [-0.15, -0.1) is 5.10 Å². The first kappa shape index (κ1) is 14.7. The Morgan fingerprint density at radius 3 is 2.33 bits per heavy atom. The number of carbonyl (C=O) groups is 2. The highest BCUT2D eigenvalue weighted by Crippen LogP contribution is 2.24. The van der Waals surface area contributed by atoms with E-state index in [-0.39, 0.29) is 18.4 Å². The number of nitrogens with zero attached hydrogens (tertiary/aromatic N) is 5. The summed E-state index contributed by atoms with van der Waals surface area (Å²) in [4.78, 5) is 26.1. The number of imide groups is 1. The van der Waals surface area contributed by atoms with Gasteiger partial charge in [-0.25, -0.2) is 0 Å². The third-order valence-corrected chi connectivity index (χ3v) is 4.26. The van der Waals surface area contributed by atoms with Crippen LogP contribution in [0, 0.1) is 0 Å². The number of hydrogen-bond donors (Lipinski definition) is 0. The van der Waals surface area contributed by atoms with Gasteiger partial charge in [-0.2, -0.15) is 4.68 Å². The lowest BCUT2D eigenvalue weighted by Gasteiger charge is -2.13. The number of tetrazole rings is 1. The van der Waals surface area contributed by atoms with Gasteiger partial charge in [-0.05, 0) is 40.8 Å². The van der Waals surface area contributed by atoms with Crippen LogP contribution in [0.1, 0.15) is 26.5 Å². The zero-order valence-corrected chi connectivity index (χ0v) is 13.8. The number of amides is 2. The van der Waals surface area contributed by atoms with Crippen molar-refractivity contribution in [1.82, 2.24) is 25.1 Å². The molecule has 0 fully saturated rings. The number of rotatable bonds is 3. The van der Waals surface area contributed by atoms with Gasteiger partial charge in [0.2, 0.25) is 0 Å². The molecule has 0 unspecified atom stereocenters. The Morgan fingerprint density at radius 2 is 1.67 bits per heavy atom. The minimum absolute atomic E-state index is 0.00581. The van der Waals surface area contributed by atoms with E-state index in [1.165, 1.54) is 4.68 Å². The Kier molecular flexibility index (Phi) is 3.46. The third kappa shape index (κ3) is 2.31. The topological polar surface area (TPSA) is 81.0 Å². The molecular weight excluding hydrogens is 374 g/mol. The fourth-order valence-corrected chi connectivity index (χ4v) is 3.02. The molecule has 0 saturated heterocycles. The van der Waals surface area contributed by atoms with Crippen LogP contribution >= 0.6 is 15.9 Å². The first-order valence-corrected chi connectivity index (χ1v) is 7.93. The normalized spacial score (nSPS) is 13.5. The summed E-state index contributed by atoms with van der Waals surface area (Å²) < 4.78 is 2.39. The first-order valence-electron chi connectivity index (χ1n) is 7.13. The van der Waals surface area contributed by atoms with Crippen LogP contribution in [0.3, 0.4) is 0 Å². The fourth-order valence-electron chi connectivity index (χ4n) is 2.64. The van der Waals surface area contributed by atoms with Crippen LogP contribution in [0.2, 0.25) is 0 Å². The standard InChI is InChI=1S/C16H10BrN5O2/c17-10-4-3-5-11(8-10)22-14(18-19-20-22)9-21-15(23)12-6-1-2-7-13(12)16(21)24/h1-8H,9H2. The molecule has 2 heterocycles. The molecule has 3 aromatic rings. The summed E-state index contributed by atoms with van der Waals surface area (Å²) in [5.74, 6) is -0.263. The van der Waals surface area contributed by atoms with Crippen molar-refractivity contribution in [1.29, 1.82) is 0 Å². The maximum Gasteiger partial charge on any atom is 0.261 e. The lowest BCUT2D eigenvalue weighted by Crippen LogP contribution is -2.30. The highest BCUT2D eigenvalue weighted by Gasteiger charge is 2.36. The van der Waals surface area contributed by atoms with Gasteiger partial charge < -0.3 is 0 Å². The first-order chi connectivity index (χ1) is 11.6. The Balaban J connectivity index is 1.68. The van der Waals surface area contributed by atoms with Crippen molar-refractivity contribution < 1.29 is 9.59 Å². The van der Waals surface area contributed by atoms with E-state index in [9.17, 15) is 9.59 Å². The average Bonchev–Trinajstić information content (AvgIpc) is 3.15. The van der Waals surface area contributed by atoms with Crippen LogP contribution in [0.25, 0.3) is 5.69 Å². The summed E-state index contributed by atoms with van der Waals surface area (Å²) in [6.45, 7) is 0.00581. The van der Waals surface area contributed by atoms with Gasteiger partial charge >= 0.3 is 0 Å². The summed E-state index contributed by atoms with van der Waals surface area (Å²) in [7, 11) is 0. The molecule has 8 heteroatoms. The predicted molar refractivity (Wildman–Crippen MR) is 87.5 cm³/mol. The predicted octanol–water partition coefficient (Wildman–Crippen LogP) is 2.22. The molecule has 0 aliphatic carbocycles. The molecule has 1 aliphatic heterocycles. The number of fused-ring (bicyclic) bond motifs is 1. The largest absolute Gasteiger partial charge is 0.269 e. The molecule has 0 saturated carbocycles. The molecule has 2 aromatic carbocycles. The summed E-state index contributed by atoms with van der Waals surface area (Å²) >= 11 is 3.40. The number of hydrogen-bond acceptors (Lipinski definition) is 5. The highest BCUT2D eigenvalue weighted by molar-refractivity contribution is 9.10. The van der Waals surface area contributed by atoms with E-state index in [0.717, 1.165) is 15.1 Å². The number of benzene rings is 2. The van der Waals surface area contributed by atoms with Crippen molar-refractivity contribution in [2.45, 2.75) is 6.54 Å². The number of aromatic nitrogens is 4. The fraction of sp³-hybridized carbons (Fsp3) is 0.0625.